The smallest absolute Gasteiger partial charge is 0.251 e. The Bertz CT molecular complexity index is 732. The van der Waals surface area contributed by atoms with Crippen molar-refractivity contribution < 1.29 is 9.59 Å². The van der Waals surface area contributed by atoms with Gasteiger partial charge in [-0.1, -0.05) is 26.0 Å². The van der Waals surface area contributed by atoms with Gasteiger partial charge in [-0.3, -0.25) is 14.6 Å². The molecule has 0 aliphatic carbocycles. The van der Waals surface area contributed by atoms with Gasteiger partial charge < -0.3 is 5.32 Å². The fraction of sp³-hybridized carbons (Fsp3) is 0.250. The van der Waals surface area contributed by atoms with Crippen molar-refractivity contribution in [1.82, 2.24) is 10.3 Å². The van der Waals surface area contributed by atoms with E-state index in [1.165, 1.54) is 0 Å². The first-order valence-electron chi connectivity index (χ1n) is 7.98. The second-order valence-corrected chi connectivity index (χ2v) is 5.02. The Balaban J connectivity index is 0.00000139. The van der Waals surface area contributed by atoms with Crippen molar-refractivity contribution >= 4 is 18.3 Å². The molecule has 1 amide bonds. The largest absolute Gasteiger partial charge is 0.355 e. The highest BCUT2D eigenvalue weighted by Gasteiger charge is 2.09. The molecule has 0 fully saturated rings. The molecular formula is C20H24N2O2. The van der Waals surface area contributed by atoms with Crippen LogP contribution < -0.4 is 5.32 Å². The van der Waals surface area contributed by atoms with E-state index in [0.29, 0.717) is 11.1 Å². The van der Waals surface area contributed by atoms with Gasteiger partial charge in [-0.15, -0.1) is 0 Å². The Hall–Kier alpha value is -2.75. The van der Waals surface area contributed by atoms with Gasteiger partial charge in [-0.2, -0.15) is 0 Å². The number of pyridine rings is 1. The number of carbonyl (C=O) groups excluding carboxylic acids is 2. The first kappa shape index (κ1) is 19.3. The Kier molecular flexibility index (Phi) is 7.56. The maximum Gasteiger partial charge on any atom is 0.251 e. The molecule has 24 heavy (non-hydrogen) atoms. The predicted octanol–water partition coefficient (Wildman–Crippen LogP) is 4.05. The number of hydrogen-bond acceptors (Lipinski definition) is 3. The van der Waals surface area contributed by atoms with Crippen LogP contribution in [0.3, 0.4) is 0 Å². The summed E-state index contributed by atoms with van der Waals surface area (Å²) in [7, 11) is 1.60. The van der Waals surface area contributed by atoms with Crippen LogP contribution in [0.2, 0.25) is 0 Å². The topological polar surface area (TPSA) is 59.1 Å². The highest BCUT2D eigenvalue weighted by molar-refractivity contribution is 5.94. The summed E-state index contributed by atoms with van der Waals surface area (Å²) >= 11 is 0. The van der Waals surface area contributed by atoms with Gasteiger partial charge in [0.1, 0.15) is 6.29 Å². The van der Waals surface area contributed by atoms with Crippen LogP contribution in [0.1, 0.15) is 42.4 Å². The van der Waals surface area contributed by atoms with E-state index in [1.807, 2.05) is 45.0 Å². The van der Waals surface area contributed by atoms with Crippen molar-refractivity contribution in [2.45, 2.75) is 27.7 Å². The number of carbonyl (C=O) groups is 2. The van der Waals surface area contributed by atoms with E-state index >= 15 is 0 Å². The van der Waals surface area contributed by atoms with Gasteiger partial charge in [-0.05, 0) is 54.8 Å². The minimum Gasteiger partial charge on any atom is -0.355 e. The third-order valence-electron chi connectivity index (χ3n) is 3.43. The standard InChI is InChI=1S/C18H18N2O2.C2H6/c1-12(11-21)10-17-13(2)20-9-8-16(17)14-4-6-15(7-5-14)18(22)19-3;1-2/h4-11H,1-3H3,(H,19,22);1-2H3/b12-10+;. The van der Waals surface area contributed by atoms with Crippen LogP contribution in [0.25, 0.3) is 17.2 Å². The molecule has 2 aromatic rings. The monoisotopic (exact) mass is 324 g/mol. The predicted molar refractivity (Wildman–Crippen MR) is 98.9 cm³/mol. The molecule has 1 aromatic carbocycles. The number of nitrogens with one attached hydrogen (secondary N) is 1. The number of aryl methyl sites for hydroxylation is 1. The van der Waals surface area contributed by atoms with E-state index in [4.69, 9.17) is 0 Å². The molecule has 1 heterocycles. The summed E-state index contributed by atoms with van der Waals surface area (Å²) in [5, 5.41) is 2.60. The first-order valence-corrected chi connectivity index (χ1v) is 7.98. The third-order valence-corrected chi connectivity index (χ3v) is 3.43. The molecule has 0 atom stereocenters. The molecule has 0 aliphatic rings. The molecule has 0 spiro atoms. The van der Waals surface area contributed by atoms with Crippen molar-refractivity contribution in [2.24, 2.45) is 0 Å². The highest BCUT2D eigenvalue weighted by Crippen LogP contribution is 2.27. The Morgan fingerprint density at radius 3 is 2.29 bits per heavy atom. The average molecular weight is 324 g/mol. The second kappa shape index (κ2) is 9.40. The van der Waals surface area contributed by atoms with E-state index < -0.39 is 0 Å². The van der Waals surface area contributed by atoms with Gasteiger partial charge in [0.2, 0.25) is 0 Å². The molecule has 4 nitrogen and oxygen atoms in total. The maximum absolute atomic E-state index is 11.6. The summed E-state index contributed by atoms with van der Waals surface area (Å²) in [5.74, 6) is -0.116. The SMILES string of the molecule is CC.CNC(=O)c1ccc(-c2ccnc(C)c2/C=C(\C)C=O)cc1. The number of benzene rings is 1. The van der Waals surface area contributed by atoms with Crippen molar-refractivity contribution in [1.29, 1.82) is 0 Å². The van der Waals surface area contributed by atoms with Gasteiger partial charge in [0.25, 0.3) is 5.91 Å². The number of allylic oxidation sites excluding steroid dienone is 1. The van der Waals surface area contributed by atoms with Gasteiger partial charge in [0, 0.05) is 30.1 Å². The molecule has 0 radical (unpaired) electrons. The molecule has 0 bridgehead atoms. The minimum absolute atomic E-state index is 0.116. The molecule has 1 aromatic heterocycles. The molecule has 0 saturated heterocycles. The molecule has 126 valence electrons. The zero-order valence-electron chi connectivity index (χ0n) is 14.9. The van der Waals surface area contributed by atoms with E-state index in [1.54, 1.807) is 32.3 Å². The fourth-order valence-electron chi connectivity index (χ4n) is 2.22. The lowest BCUT2D eigenvalue weighted by molar-refractivity contribution is -0.104. The van der Waals surface area contributed by atoms with Crippen LogP contribution in [0.15, 0.2) is 42.1 Å². The summed E-state index contributed by atoms with van der Waals surface area (Å²) in [4.78, 5) is 26.8. The van der Waals surface area contributed by atoms with Crippen LogP contribution in [0.5, 0.6) is 0 Å². The van der Waals surface area contributed by atoms with E-state index in [2.05, 4.69) is 10.3 Å². The lowest BCUT2D eigenvalue weighted by Crippen LogP contribution is -2.17. The van der Waals surface area contributed by atoms with Crippen LogP contribution in [0.4, 0.5) is 0 Å². The first-order chi connectivity index (χ1) is 11.6. The van der Waals surface area contributed by atoms with Gasteiger partial charge in [-0.25, -0.2) is 0 Å². The van der Waals surface area contributed by atoms with Crippen molar-refractivity contribution in [3.05, 3.63) is 58.9 Å². The fourth-order valence-corrected chi connectivity index (χ4v) is 2.22. The maximum atomic E-state index is 11.6. The molecule has 4 heteroatoms. The molecule has 2 rings (SSSR count). The normalized spacial score (nSPS) is 10.5. The molecule has 0 unspecified atom stereocenters. The average Bonchev–Trinajstić information content (AvgIpc) is 2.64. The highest BCUT2D eigenvalue weighted by atomic mass is 16.1. The summed E-state index contributed by atoms with van der Waals surface area (Å²) in [6.07, 6.45) is 4.40. The summed E-state index contributed by atoms with van der Waals surface area (Å²) in [6, 6.07) is 9.26. The quantitative estimate of drug-likeness (QED) is 0.682. The number of amides is 1. The molecule has 1 N–H and O–H groups in total. The minimum atomic E-state index is -0.116. The number of nitrogens with zero attached hydrogens (tertiary/aromatic N) is 1. The Morgan fingerprint density at radius 2 is 1.75 bits per heavy atom. The van der Waals surface area contributed by atoms with Crippen LogP contribution in [0, 0.1) is 6.92 Å². The zero-order valence-corrected chi connectivity index (χ0v) is 14.9. The van der Waals surface area contributed by atoms with E-state index in [0.717, 1.165) is 28.7 Å². The van der Waals surface area contributed by atoms with Crippen molar-refractivity contribution in [3.8, 4) is 11.1 Å². The van der Waals surface area contributed by atoms with Gasteiger partial charge in [0.15, 0.2) is 0 Å². The lowest BCUT2D eigenvalue weighted by atomic mass is 9.97. The summed E-state index contributed by atoms with van der Waals surface area (Å²) in [5.41, 5.74) is 4.98. The number of rotatable bonds is 4. The van der Waals surface area contributed by atoms with Gasteiger partial charge >= 0.3 is 0 Å². The Morgan fingerprint density at radius 1 is 1.12 bits per heavy atom. The van der Waals surface area contributed by atoms with Crippen LogP contribution in [-0.2, 0) is 4.79 Å². The van der Waals surface area contributed by atoms with Crippen LogP contribution >= 0.6 is 0 Å². The lowest BCUT2D eigenvalue weighted by Gasteiger charge is -2.10. The van der Waals surface area contributed by atoms with Crippen LogP contribution in [-0.4, -0.2) is 24.2 Å². The second-order valence-electron chi connectivity index (χ2n) is 5.02. The number of hydrogen-bond donors (Lipinski definition) is 1. The Labute approximate surface area is 143 Å². The zero-order chi connectivity index (χ0) is 18.1. The molecular weight excluding hydrogens is 300 g/mol. The number of aldehydes is 1. The number of aromatic nitrogens is 1. The molecule has 0 aliphatic heterocycles. The molecule has 0 saturated carbocycles. The van der Waals surface area contributed by atoms with Gasteiger partial charge in [0.05, 0.1) is 0 Å². The summed E-state index contributed by atoms with van der Waals surface area (Å²) in [6.45, 7) is 7.67. The van der Waals surface area contributed by atoms with E-state index in [9.17, 15) is 9.59 Å². The summed E-state index contributed by atoms with van der Waals surface area (Å²) < 4.78 is 0. The van der Waals surface area contributed by atoms with Crippen molar-refractivity contribution in [2.75, 3.05) is 7.05 Å². The van der Waals surface area contributed by atoms with Crippen molar-refractivity contribution in [3.63, 3.8) is 0 Å². The van der Waals surface area contributed by atoms with E-state index in [-0.39, 0.29) is 5.91 Å². The third kappa shape index (κ3) is 4.62.